The molecule has 2 aromatic rings. The van der Waals surface area contributed by atoms with Gasteiger partial charge in [-0.1, -0.05) is 34.1 Å². The van der Waals surface area contributed by atoms with Crippen molar-refractivity contribution in [3.63, 3.8) is 0 Å². The highest BCUT2D eigenvalue weighted by atomic mass is 79.9. The molecule has 27 heavy (non-hydrogen) atoms. The number of nitrogens with one attached hydrogen (secondary N) is 1. The van der Waals surface area contributed by atoms with Gasteiger partial charge in [0.25, 0.3) is 0 Å². The Morgan fingerprint density at radius 1 is 1.30 bits per heavy atom. The average molecular weight is 430 g/mol. The molecule has 1 heterocycles. The van der Waals surface area contributed by atoms with Crippen LogP contribution >= 0.6 is 15.9 Å². The van der Waals surface area contributed by atoms with Gasteiger partial charge in [0.2, 0.25) is 5.91 Å². The molecule has 1 aliphatic rings. The normalized spacial score (nSPS) is 13.7. The van der Waals surface area contributed by atoms with Crippen LogP contribution in [0.1, 0.15) is 29.2 Å². The molecule has 6 heteroatoms. The Morgan fingerprint density at radius 3 is 2.93 bits per heavy atom. The van der Waals surface area contributed by atoms with E-state index in [1.165, 1.54) is 13.2 Å². The maximum absolute atomic E-state index is 12.4. The van der Waals surface area contributed by atoms with E-state index in [0.717, 1.165) is 33.3 Å². The molecule has 0 fully saturated rings. The number of hydrogen-bond donors (Lipinski definition) is 1. The minimum atomic E-state index is -0.472. The third-order valence-corrected chi connectivity index (χ3v) is 4.80. The number of esters is 1. The molecule has 0 spiro atoms. The summed E-state index contributed by atoms with van der Waals surface area (Å²) >= 11 is 3.41. The highest BCUT2D eigenvalue weighted by molar-refractivity contribution is 9.10. The van der Waals surface area contributed by atoms with E-state index in [1.54, 1.807) is 6.08 Å². The number of ether oxygens (including phenoxy) is 2. The first-order chi connectivity index (χ1) is 13.0. The predicted molar refractivity (Wildman–Crippen MR) is 106 cm³/mol. The van der Waals surface area contributed by atoms with Crippen LogP contribution in [0.15, 0.2) is 53.0 Å². The van der Waals surface area contributed by atoms with Gasteiger partial charge >= 0.3 is 5.97 Å². The number of carbonyl (C=O) groups excluding carboxylic acids is 2. The lowest BCUT2D eigenvalue weighted by molar-refractivity contribution is -0.141. The third-order valence-electron chi connectivity index (χ3n) is 4.31. The van der Waals surface area contributed by atoms with Crippen LogP contribution in [-0.2, 0) is 20.7 Å². The van der Waals surface area contributed by atoms with Crippen molar-refractivity contribution in [3.05, 3.63) is 69.7 Å². The monoisotopic (exact) mass is 429 g/mol. The molecule has 1 atom stereocenters. The Kier molecular flexibility index (Phi) is 6.29. The number of carbonyl (C=O) groups is 2. The number of methoxy groups -OCH3 is 1. The molecule has 3 rings (SSSR count). The van der Waals surface area contributed by atoms with Crippen molar-refractivity contribution in [1.29, 1.82) is 0 Å². The van der Waals surface area contributed by atoms with Gasteiger partial charge in [-0.05, 0) is 47.0 Å². The Bertz CT molecular complexity index is 878. The zero-order chi connectivity index (χ0) is 19.2. The highest BCUT2D eigenvalue weighted by Gasteiger charge is 2.18. The van der Waals surface area contributed by atoms with Crippen LogP contribution in [0.3, 0.4) is 0 Å². The van der Waals surface area contributed by atoms with Crippen LogP contribution in [0.25, 0.3) is 6.08 Å². The molecule has 5 nitrogen and oxygen atoms in total. The first kappa shape index (κ1) is 19.2. The van der Waals surface area contributed by atoms with E-state index >= 15 is 0 Å². The first-order valence-electron chi connectivity index (χ1n) is 8.62. The smallest absolute Gasteiger partial charge is 0.307 e. The van der Waals surface area contributed by atoms with Crippen molar-refractivity contribution in [3.8, 4) is 5.75 Å². The lowest BCUT2D eigenvalue weighted by Gasteiger charge is -2.17. The summed E-state index contributed by atoms with van der Waals surface area (Å²) < 4.78 is 11.1. The molecule has 0 saturated carbocycles. The van der Waals surface area contributed by atoms with Crippen LogP contribution in [-0.4, -0.2) is 25.6 Å². The topological polar surface area (TPSA) is 64.6 Å². The van der Waals surface area contributed by atoms with Gasteiger partial charge in [0, 0.05) is 17.0 Å². The number of benzene rings is 2. The summed E-state index contributed by atoms with van der Waals surface area (Å²) in [6.45, 7) is 0.699. The van der Waals surface area contributed by atoms with E-state index < -0.39 is 6.04 Å². The first-order valence-corrected chi connectivity index (χ1v) is 9.41. The second kappa shape index (κ2) is 8.86. The molecule has 1 amide bonds. The standard InChI is InChI=1S/C21H20BrNO4/c1-26-21(25)13-18(15-3-2-4-17(22)12-15)23-20(24)8-6-14-5-7-19-16(11-14)9-10-27-19/h2-8,11-12,18H,9-10,13H2,1H3,(H,23,24). The highest BCUT2D eigenvalue weighted by Crippen LogP contribution is 2.26. The van der Waals surface area contributed by atoms with Crippen LogP contribution in [0, 0.1) is 0 Å². The summed E-state index contributed by atoms with van der Waals surface area (Å²) in [5.74, 6) is 0.243. The van der Waals surface area contributed by atoms with Gasteiger partial charge in [-0.25, -0.2) is 0 Å². The molecule has 1 aliphatic heterocycles. The minimum Gasteiger partial charge on any atom is -0.493 e. The van der Waals surface area contributed by atoms with E-state index in [1.807, 2.05) is 42.5 Å². The van der Waals surface area contributed by atoms with Gasteiger partial charge in [0.15, 0.2) is 0 Å². The number of halogens is 1. The molecular weight excluding hydrogens is 410 g/mol. The summed E-state index contributed by atoms with van der Waals surface area (Å²) in [5, 5.41) is 2.88. The second-order valence-electron chi connectivity index (χ2n) is 6.20. The largest absolute Gasteiger partial charge is 0.493 e. The van der Waals surface area contributed by atoms with Crippen LogP contribution in [0.4, 0.5) is 0 Å². The van der Waals surface area contributed by atoms with Crippen LogP contribution in [0.2, 0.25) is 0 Å². The van der Waals surface area contributed by atoms with Crippen molar-refractivity contribution in [2.45, 2.75) is 18.9 Å². The van der Waals surface area contributed by atoms with E-state index in [2.05, 4.69) is 21.2 Å². The van der Waals surface area contributed by atoms with E-state index in [4.69, 9.17) is 9.47 Å². The Hall–Kier alpha value is -2.60. The van der Waals surface area contributed by atoms with Gasteiger partial charge in [-0.3, -0.25) is 9.59 Å². The van der Waals surface area contributed by atoms with Gasteiger partial charge in [-0.15, -0.1) is 0 Å². The van der Waals surface area contributed by atoms with Crippen molar-refractivity contribution in [2.24, 2.45) is 0 Å². The summed E-state index contributed by atoms with van der Waals surface area (Å²) in [7, 11) is 1.33. The maximum atomic E-state index is 12.4. The number of rotatable bonds is 6. The molecule has 0 radical (unpaired) electrons. The van der Waals surface area contributed by atoms with Crippen LogP contribution < -0.4 is 10.1 Å². The third kappa shape index (κ3) is 5.20. The van der Waals surface area contributed by atoms with Gasteiger partial charge in [-0.2, -0.15) is 0 Å². The molecular formula is C21H20BrNO4. The molecule has 0 bridgehead atoms. The molecule has 140 valence electrons. The predicted octanol–water partition coefficient (Wildman–Crippen LogP) is 3.82. The van der Waals surface area contributed by atoms with Crippen molar-refractivity contribution in [1.82, 2.24) is 5.32 Å². The Balaban J connectivity index is 1.70. The van der Waals surface area contributed by atoms with E-state index in [9.17, 15) is 9.59 Å². The summed E-state index contributed by atoms with van der Waals surface area (Å²) in [6.07, 6.45) is 4.17. The molecule has 1 unspecified atom stereocenters. The lowest BCUT2D eigenvalue weighted by atomic mass is 10.0. The zero-order valence-corrected chi connectivity index (χ0v) is 16.5. The van der Waals surface area contributed by atoms with Crippen molar-refractivity contribution in [2.75, 3.05) is 13.7 Å². The van der Waals surface area contributed by atoms with Crippen LogP contribution in [0.5, 0.6) is 5.75 Å². The van der Waals surface area contributed by atoms with E-state index in [0.29, 0.717) is 6.61 Å². The SMILES string of the molecule is COC(=O)CC(NC(=O)C=Cc1ccc2c(c1)CCO2)c1cccc(Br)c1. The zero-order valence-electron chi connectivity index (χ0n) is 14.9. The number of amides is 1. The molecule has 0 aromatic heterocycles. The average Bonchev–Trinajstić information content (AvgIpc) is 3.13. The van der Waals surface area contributed by atoms with E-state index in [-0.39, 0.29) is 18.3 Å². The molecule has 2 aromatic carbocycles. The molecule has 0 aliphatic carbocycles. The van der Waals surface area contributed by atoms with Crippen molar-refractivity contribution >= 4 is 33.9 Å². The Labute approximate surface area is 166 Å². The molecule has 1 N–H and O–H groups in total. The fourth-order valence-corrected chi connectivity index (χ4v) is 3.34. The molecule has 0 saturated heterocycles. The lowest BCUT2D eigenvalue weighted by Crippen LogP contribution is -2.29. The minimum absolute atomic E-state index is 0.0583. The number of hydrogen-bond acceptors (Lipinski definition) is 4. The number of fused-ring (bicyclic) bond motifs is 1. The summed E-state index contributed by atoms with van der Waals surface area (Å²) in [4.78, 5) is 24.1. The second-order valence-corrected chi connectivity index (χ2v) is 7.11. The van der Waals surface area contributed by atoms with Gasteiger partial charge in [0.05, 0.1) is 26.2 Å². The Morgan fingerprint density at radius 2 is 2.15 bits per heavy atom. The fourth-order valence-electron chi connectivity index (χ4n) is 2.93. The quantitative estimate of drug-likeness (QED) is 0.559. The summed E-state index contributed by atoms with van der Waals surface area (Å²) in [5.41, 5.74) is 2.91. The van der Waals surface area contributed by atoms with Gasteiger partial charge < -0.3 is 14.8 Å². The fraction of sp³-hybridized carbons (Fsp3) is 0.238. The summed E-state index contributed by atoms with van der Waals surface area (Å²) in [6, 6.07) is 12.9. The van der Waals surface area contributed by atoms with Gasteiger partial charge in [0.1, 0.15) is 5.75 Å². The van der Waals surface area contributed by atoms with Crippen molar-refractivity contribution < 1.29 is 19.1 Å². The maximum Gasteiger partial charge on any atom is 0.307 e.